The van der Waals surface area contributed by atoms with Crippen LogP contribution in [0.1, 0.15) is 355 Å². The Labute approximate surface area is 433 Å². The van der Waals surface area contributed by atoms with E-state index in [2.05, 4.69) is 20.8 Å². The van der Waals surface area contributed by atoms with Gasteiger partial charge >= 0.3 is 17.9 Å². The number of carboxylic acid groups (broad SMARTS) is 3. The number of aliphatic hydroxyl groups is 1. The second-order valence-corrected chi connectivity index (χ2v) is 22.3. The number of carboxylic acids is 3. The van der Waals surface area contributed by atoms with Crippen LogP contribution >= 0.6 is 0 Å². The topological polar surface area (TPSA) is 149 Å². The van der Waals surface area contributed by atoms with Gasteiger partial charge in [0.2, 0.25) is 5.60 Å². The molecule has 0 aliphatic rings. The Kier molecular flexibility index (Phi) is 45.5. The Morgan fingerprint density at radius 3 is 0.614 bits per heavy atom. The Morgan fingerprint density at radius 1 is 0.271 bits per heavy atom. The Morgan fingerprint density at radius 2 is 0.457 bits per heavy atom. The number of aliphatic carboxylic acids is 3. The second-order valence-electron chi connectivity index (χ2n) is 22.3. The van der Waals surface area contributed by atoms with E-state index in [1.165, 1.54) is 193 Å². The largest absolute Gasteiger partial charge is 0.481 e. The summed E-state index contributed by atoms with van der Waals surface area (Å²) in [5.41, 5.74) is -8.47. The van der Waals surface area contributed by atoms with Gasteiger partial charge in [-0.15, -0.1) is 0 Å². The number of hydrogen-bond acceptors (Lipinski definition) is 5. The van der Waals surface area contributed by atoms with Crippen molar-refractivity contribution in [3.63, 3.8) is 0 Å². The fraction of sp³-hybridized carbons (Fsp3) is 0.935. The zero-order valence-corrected chi connectivity index (χ0v) is 47.0. The summed E-state index contributed by atoms with van der Waals surface area (Å²) in [5.74, 6) is -6.17. The van der Waals surface area contributed by atoms with Gasteiger partial charge in [0.05, 0.1) is 0 Å². The highest BCUT2D eigenvalue weighted by Crippen LogP contribution is 2.54. The van der Waals surface area contributed by atoms with Crippen molar-refractivity contribution in [1.29, 1.82) is 0 Å². The maximum absolute atomic E-state index is 13.8. The Hall–Kier alpha value is -1.96. The van der Waals surface area contributed by atoms with Crippen molar-refractivity contribution in [2.24, 2.45) is 10.8 Å². The van der Waals surface area contributed by atoms with E-state index < -0.39 is 46.5 Å². The minimum absolute atomic E-state index is 0.191. The molecule has 0 aromatic carbocycles. The lowest BCUT2D eigenvalue weighted by atomic mass is 9.52. The average Bonchev–Trinajstić information content (AvgIpc) is 3.33. The van der Waals surface area contributed by atoms with Crippen molar-refractivity contribution in [3.05, 3.63) is 0 Å². The minimum Gasteiger partial charge on any atom is -0.481 e. The lowest BCUT2D eigenvalue weighted by Gasteiger charge is -2.50. The Bertz CT molecular complexity index is 1180. The third kappa shape index (κ3) is 29.7. The standard InChI is InChI=1S/C62H118O8/c1-5-8-11-14-17-20-23-26-29-32-35-38-41-44-47-50-53-60(57(64)65,54-51-48-45-42-39-36-33-30-27-24-21-18-15-12-9-6-2)62(70,59(68)69)61(56(4)63,58(66)67)55-52-49-46-43-40-37-34-31-28-25-22-19-16-13-10-7-3/h70H,5-55H2,1-4H3,(H,64,65)(H,66,67)(H,68,69). The predicted molar refractivity (Wildman–Crippen MR) is 296 cm³/mol. The third-order valence-electron chi connectivity index (χ3n) is 16.3. The molecule has 0 saturated heterocycles. The van der Waals surface area contributed by atoms with E-state index in [0.29, 0.717) is 32.1 Å². The fourth-order valence-corrected chi connectivity index (χ4v) is 11.6. The van der Waals surface area contributed by atoms with E-state index in [4.69, 9.17) is 0 Å². The van der Waals surface area contributed by atoms with Crippen molar-refractivity contribution in [2.75, 3.05) is 0 Å². The van der Waals surface area contributed by atoms with Gasteiger partial charge in [-0.25, -0.2) is 4.79 Å². The first-order chi connectivity index (χ1) is 34.0. The summed E-state index contributed by atoms with van der Waals surface area (Å²) in [6.07, 6.45) is 53.3. The van der Waals surface area contributed by atoms with Crippen molar-refractivity contribution < 1.29 is 39.6 Å². The molecule has 8 nitrogen and oxygen atoms in total. The third-order valence-corrected chi connectivity index (χ3v) is 16.3. The molecule has 2 unspecified atom stereocenters. The first kappa shape index (κ1) is 68.0. The molecule has 2 atom stereocenters. The minimum atomic E-state index is -3.33. The van der Waals surface area contributed by atoms with Crippen LogP contribution < -0.4 is 0 Å². The highest BCUT2D eigenvalue weighted by atomic mass is 16.4. The molecule has 414 valence electrons. The summed E-state index contributed by atoms with van der Waals surface area (Å²) < 4.78 is 0. The van der Waals surface area contributed by atoms with Crippen LogP contribution in [0.3, 0.4) is 0 Å². The molecule has 0 aliphatic carbocycles. The number of Topliss-reactive ketones (excluding diaryl/α,β-unsaturated/α-hetero) is 1. The average molecular weight is 992 g/mol. The molecule has 0 rings (SSSR count). The maximum atomic E-state index is 13.8. The van der Waals surface area contributed by atoms with Crippen LogP contribution in [0.25, 0.3) is 0 Å². The second kappa shape index (κ2) is 46.8. The number of carbonyl (C=O) groups is 4. The molecule has 0 amide bonds. The number of rotatable bonds is 57. The Balaban J connectivity index is 5.57. The lowest BCUT2D eigenvalue weighted by molar-refractivity contribution is -0.223. The van der Waals surface area contributed by atoms with E-state index >= 15 is 0 Å². The van der Waals surface area contributed by atoms with Gasteiger partial charge in [0.15, 0.2) is 11.2 Å². The van der Waals surface area contributed by atoms with E-state index in [0.717, 1.165) is 84.0 Å². The van der Waals surface area contributed by atoms with E-state index in [9.17, 15) is 39.6 Å². The van der Waals surface area contributed by atoms with Gasteiger partial charge < -0.3 is 20.4 Å². The van der Waals surface area contributed by atoms with Gasteiger partial charge in [0.25, 0.3) is 0 Å². The zero-order chi connectivity index (χ0) is 51.9. The SMILES string of the molecule is CCCCCCCCCCCCCCCCCCC(CCCCCCCCCCCCCCCCCC)(C(=O)O)C(O)(C(=O)O)C(CCCCCCCCCCCCCCCCCC)(C(C)=O)C(=O)O. The molecule has 0 aromatic heterocycles. The molecule has 0 aromatic rings. The van der Waals surface area contributed by atoms with E-state index in [-0.39, 0.29) is 19.3 Å². The highest BCUT2D eigenvalue weighted by Gasteiger charge is 2.74. The predicted octanol–water partition coefficient (Wildman–Crippen LogP) is 19.5. The molecule has 0 radical (unpaired) electrons. The summed E-state index contributed by atoms with van der Waals surface area (Å²) in [4.78, 5) is 54.6. The van der Waals surface area contributed by atoms with Gasteiger partial charge in [0, 0.05) is 0 Å². The van der Waals surface area contributed by atoms with Crippen LogP contribution in [0.2, 0.25) is 0 Å². The first-order valence-electron chi connectivity index (χ1n) is 30.9. The monoisotopic (exact) mass is 991 g/mol. The molecule has 0 heterocycles. The van der Waals surface area contributed by atoms with Gasteiger partial charge in [0.1, 0.15) is 5.41 Å². The molecule has 0 spiro atoms. The molecule has 0 bridgehead atoms. The number of ketones is 1. The van der Waals surface area contributed by atoms with Gasteiger partial charge in [-0.3, -0.25) is 14.4 Å². The summed E-state index contributed by atoms with van der Waals surface area (Å²) in [6, 6.07) is 0. The normalized spacial score (nSPS) is 13.6. The van der Waals surface area contributed by atoms with Gasteiger partial charge in [-0.1, -0.05) is 329 Å². The number of hydrogen-bond donors (Lipinski definition) is 4. The molecule has 4 N–H and O–H groups in total. The molecular formula is C62H118O8. The van der Waals surface area contributed by atoms with E-state index in [1.54, 1.807) is 0 Å². The van der Waals surface area contributed by atoms with Gasteiger partial charge in [-0.05, 0) is 26.2 Å². The summed E-state index contributed by atoms with van der Waals surface area (Å²) in [7, 11) is 0. The van der Waals surface area contributed by atoms with Crippen LogP contribution in [0.4, 0.5) is 0 Å². The maximum Gasteiger partial charge on any atom is 0.338 e. The van der Waals surface area contributed by atoms with Crippen LogP contribution in [0.15, 0.2) is 0 Å². The van der Waals surface area contributed by atoms with Crippen molar-refractivity contribution in [2.45, 2.75) is 361 Å². The summed E-state index contributed by atoms with van der Waals surface area (Å²) >= 11 is 0. The quantitative estimate of drug-likeness (QED) is 0.0348. The van der Waals surface area contributed by atoms with Gasteiger partial charge in [-0.2, -0.15) is 0 Å². The van der Waals surface area contributed by atoms with Crippen LogP contribution in [0.5, 0.6) is 0 Å². The molecular weight excluding hydrogens is 873 g/mol. The molecule has 0 fully saturated rings. The first-order valence-corrected chi connectivity index (χ1v) is 30.9. The molecule has 0 aliphatic heterocycles. The summed E-state index contributed by atoms with van der Waals surface area (Å²) in [5, 5.41) is 45.8. The smallest absolute Gasteiger partial charge is 0.338 e. The zero-order valence-electron chi connectivity index (χ0n) is 47.0. The van der Waals surface area contributed by atoms with Crippen LogP contribution in [-0.4, -0.2) is 49.7 Å². The highest BCUT2D eigenvalue weighted by molar-refractivity contribution is 6.10. The molecule has 0 saturated carbocycles. The lowest BCUT2D eigenvalue weighted by Crippen LogP contribution is -2.71. The van der Waals surface area contributed by atoms with Crippen molar-refractivity contribution in [3.8, 4) is 0 Å². The summed E-state index contributed by atoms with van der Waals surface area (Å²) in [6.45, 7) is 7.78. The van der Waals surface area contributed by atoms with Crippen LogP contribution in [0, 0.1) is 10.8 Å². The van der Waals surface area contributed by atoms with Crippen molar-refractivity contribution in [1.82, 2.24) is 0 Å². The molecule has 70 heavy (non-hydrogen) atoms. The van der Waals surface area contributed by atoms with E-state index in [1.807, 2.05) is 0 Å². The van der Waals surface area contributed by atoms with Crippen LogP contribution in [-0.2, 0) is 19.2 Å². The van der Waals surface area contributed by atoms with Crippen molar-refractivity contribution >= 4 is 23.7 Å². The number of carbonyl (C=O) groups excluding carboxylic acids is 1. The fourth-order valence-electron chi connectivity index (χ4n) is 11.6. The molecule has 8 heteroatoms. The number of unbranched alkanes of at least 4 members (excludes halogenated alkanes) is 45.